The number of halogens is 1. The lowest BCUT2D eigenvalue weighted by molar-refractivity contribution is 0.0999. The Hall–Kier alpha value is -2.85. The normalized spacial score (nSPS) is 18.8. The van der Waals surface area contributed by atoms with Crippen molar-refractivity contribution < 1.29 is 4.79 Å². The maximum absolute atomic E-state index is 12.2. The zero-order valence-electron chi connectivity index (χ0n) is 15.4. The van der Waals surface area contributed by atoms with Gasteiger partial charge in [0, 0.05) is 17.8 Å². The first-order valence-corrected chi connectivity index (χ1v) is 9.86. The zero-order chi connectivity index (χ0) is 19.5. The van der Waals surface area contributed by atoms with E-state index in [0.29, 0.717) is 16.4 Å². The molecule has 1 aromatic heterocycles. The number of nitrogens with one attached hydrogen (secondary N) is 1. The molecule has 0 bridgehead atoms. The molecule has 0 aliphatic heterocycles. The quantitative estimate of drug-likeness (QED) is 0.624. The van der Waals surface area contributed by atoms with E-state index >= 15 is 0 Å². The Balaban J connectivity index is 1.56. The lowest BCUT2D eigenvalue weighted by atomic mass is 9.89. The van der Waals surface area contributed by atoms with Crippen LogP contribution in [0.3, 0.4) is 0 Å². The maximum atomic E-state index is 12.2. The van der Waals surface area contributed by atoms with Crippen molar-refractivity contribution in [1.82, 2.24) is 4.98 Å². The number of pyridine rings is 1. The standard InChI is InChI=1S/C23H22ClN3O/c24-21-7-4-12-26-23(21)27-18-10-8-17(13-18)19-11-9-16(14-20(19)22(25)28)15-5-2-1-3-6-15/h1-7,9,11-12,14,17-18H,8,10,13H2,(H2,25,28)(H,26,27)/t17?,18-/m0/s1. The van der Waals surface area contributed by atoms with E-state index in [2.05, 4.69) is 22.4 Å². The number of hydrogen-bond donors (Lipinski definition) is 2. The molecule has 0 spiro atoms. The van der Waals surface area contributed by atoms with Gasteiger partial charge in [-0.3, -0.25) is 4.79 Å². The summed E-state index contributed by atoms with van der Waals surface area (Å²) in [5.41, 5.74) is 9.45. The van der Waals surface area contributed by atoms with Crippen LogP contribution in [0.15, 0.2) is 66.9 Å². The third kappa shape index (κ3) is 3.87. The molecule has 4 rings (SSSR count). The van der Waals surface area contributed by atoms with Gasteiger partial charge in [-0.05, 0) is 60.1 Å². The number of rotatable bonds is 5. The first kappa shape index (κ1) is 18.5. The lowest BCUT2D eigenvalue weighted by Gasteiger charge is -2.17. The smallest absolute Gasteiger partial charge is 0.249 e. The van der Waals surface area contributed by atoms with Gasteiger partial charge < -0.3 is 11.1 Å². The Morgan fingerprint density at radius 1 is 1.04 bits per heavy atom. The predicted molar refractivity (Wildman–Crippen MR) is 114 cm³/mol. The highest BCUT2D eigenvalue weighted by Crippen LogP contribution is 2.39. The van der Waals surface area contributed by atoms with E-state index in [-0.39, 0.29) is 17.9 Å². The van der Waals surface area contributed by atoms with Crippen molar-refractivity contribution in [2.24, 2.45) is 5.73 Å². The number of anilines is 1. The fourth-order valence-electron chi connectivity index (χ4n) is 4.02. The molecule has 28 heavy (non-hydrogen) atoms. The topological polar surface area (TPSA) is 68.0 Å². The number of amides is 1. The van der Waals surface area contributed by atoms with Gasteiger partial charge in [-0.15, -0.1) is 0 Å². The molecule has 1 amide bonds. The molecular formula is C23H22ClN3O. The minimum Gasteiger partial charge on any atom is -0.366 e. The number of carbonyl (C=O) groups is 1. The second kappa shape index (κ2) is 8.03. The zero-order valence-corrected chi connectivity index (χ0v) is 16.2. The molecule has 0 saturated heterocycles. The van der Waals surface area contributed by atoms with Crippen LogP contribution in [0.25, 0.3) is 11.1 Å². The third-order valence-electron chi connectivity index (χ3n) is 5.40. The highest BCUT2D eigenvalue weighted by atomic mass is 35.5. The number of nitrogens with two attached hydrogens (primary N) is 1. The van der Waals surface area contributed by atoms with Gasteiger partial charge in [0.05, 0.1) is 5.02 Å². The predicted octanol–water partition coefficient (Wildman–Crippen LogP) is 5.25. The highest BCUT2D eigenvalue weighted by molar-refractivity contribution is 6.32. The van der Waals surface area contributed by atoms with Crippen molar-refractivity contribution in [3.63, 3.8) is 0 Å². The van der Waals surface area contributed by atoms with Crippen molar-refractivity contribution in [1.29, 1.82) is 0 Å². The van der Waals surface area contributed by atoms with Crippen molar-refractivity contribution in [3.8, 4) is 11.1 Å². The molecule has 4 nitrogen and oxygen atoms in total. The van der Waals surface area contributed by atoms with Gasteiger partial charge in [-0.2, -0.15) is 0 Å². The molecule has 1 fully saturated rings. The molecule has 5 heteroatoms. The van der Waals surface area contributed by atoms with E-state index in [9.17, 15) is 4.79 Å². The lowest BCUT2D eigenvalue weighted by Crippen LogP contribution is -2.18. The Labute approximate surface area is 169 Å². The number of aromatic nitrogens is 1. The summed E-state index contributed by atoms with van der Waals surface area (Å²) in [5.74, 6) is 0.619. The summed E-state index contributed by atoms with van der Waals surface area (Å²) in [6.45, 7) is 0. The monoisotopic (exact) mass is 391 g/mol. The summed E-state index contributed by atoms with van der Waals surface area (Å²) in [4.78, 5) is 16.5. The largest absolute Gasteiger partial charge is 0.366 e. The van der Waals surface area contributed by atoms with Crippen molar-refractivity contribution in [2.45, 2.75) is 31.2 Å². The molecule has 1 heterocycles. The molecule has 2 aromatic carbocycles. The van der Waals surface area contributed by atoms with Crippen LogP contribution in [0, 0.1) is 0 Å². The second-order valence-corrected chi connectivity index (χ2v) is 7.62. The van der Waals surface area contributed by atoms with E-state index in [1.54, 1.807) is 6.20 Å². The molecule has 2 atom stereocenters. The minimum atomic E-state index is -0.378. The van der Waals surface area contributed by atoms with Crippen LogP contribution in [0.4, 0.5) is 5.82 Å². The fourth-order valence-corrected chi connectivity index (χ4v) is 4.19. The summed E-state index contributed by atoms with van der Waals surface area (Å²) in [7, 11) is 0. The van der Waals surface area contributed by atoms with E-state index < -0.39 is 0 Å². The van der Waals surface area contributed by atoms with Gasteiger partial charge in [-0.25, -0.2) is 4.98 Å². The maximum Gasteiger partial charge on any atom is 0.249 e. The summed E-state index contributed by atoms with van der Waals surface area (Å²) < 4.78 is 0. The molecule has 0 radical (unpaired) electrons. The van der Waals surface area contributed by atoms with E-state index in [1.807, 2.05) is 48.5 Å². The highest BCUT2D eigenvalue weighted by Gasteiger charge is 2.29. The second-order valence-electron chi connectivity index (χ2n) is 7.22. The van der Waals surface area contributed by atoms with Gasteiger partial charge >= 0.3 is 0 Å². The van der Waals surface area contributed by atoms with Crippen LogP contribution < -0.4 is 11.1 Å². The van der Waals surface area contributed by atoms with Gasteiger partial charge in [0.25, 0.3) is 0 Å². The molecule has 142 valence electrons. The fraction of sp³-hybridized carbons (Fsp3) is 0.217. The van der Waals surface area contributed by atoms with Gasteiger partial charge in [0.2, 0.25) is 5.91 Å². The van der Waals surface area contributed by atoms with Crippen LogP contribution in [-0.4, -0.2) is 16.9 Å². The first-order chi connectivity index (χ1) is 13.6. The number of primary amides is 1. The van der Waals surface area contributed by atoms with E-state index in [0.717, 1.165) is 36.0 Å². The number of hydrogen-bond acceptors (Lipinski definition) is 3. The number of benzene rings is 2. The van der Waals surface area contributed by atoms with Crippen LogP contribution in [0.2, 0.25) is 5.02 Å². The Bertz CT molecular complexity index is 990. The van der Waals surface area contributed by atoms with Crippen LogP contribution in [0.5, 0.6) is 0 Å². The van der Waals surface area contributed by atoms with Crippen molar-refractivity contribution in [2.75, 3.05) is 5.32 Å². The third-order valence-corrected chi connectivity index (χ3v) is 5.70. The molecular weight excluding hydrogens is 370 g/mol. The summed E-state index contributed by atoms with van der Waals surface area (Å²) in [6.07, 6.45) is 4.63. The van der Waals surface area contributed by atoms with E-state index in [1.165, 1.54) is 0 Å². The number of nitrogens with zero attached hydrogens (tertiary/aromatic N) is 1. The summed E-state index contributed by atoms with van der Waals surface area (Å²) >= 11 is 6.21. The number of carbonyl (C=O) groups excluding carboxylic acids is 1. The van der Waals surface area contributed by atoms with E-state index in [4.69, 9.17) is 17.3 Å². The van der Waals surface area contributed by atoms with Gasteiger partial charge in [0.15, 0.2) is 0 Å². The van der Waals surface area contributed by atoms with Crippen LogP contribution in [-0.2, 0) is 0 Å². The van der Waals surface area contributed by atoms with Crippen molar-refractivity contribution in [3.05, 3.63) is 83.0 Å². The van der Waals surface area contributed by atoms with Gasteiger partial charge in [0.1, 0.15) is 5.82 Å². The summed E-state index contributed by atoms with van der Waals surface area (Å²) in [6, 6.07) is 20.0. The SMILES string of the molecule is NC(=O)c1cc(-c2ccccc2)ccc1C1CC[C@H](Nc2ncccc2Cl)C1. The Morgan fingerprint density at radius 2 is 1.86 bits per heavy atom. The molecule has 1 aliphatic rings. The average Bonchev–Trinajstić information content (AvgIpc) is 3.18. The van der Waals surface area contributed by atoms with Crippen LogP contribution in [0.1, 0.15) is 41.1 Å². The molecule has 1 saturated carbocycles. The molecule has 1 unspecified atom stereocenters. The van der Waals surface area contributed by atoms with Crippen LogP contribution >= 0.6 is 11.6 Å². The van der Waals surface area contributed by atoms with Gasteiger partial charge in [-0.1, -0.05) is 54.1 Å². The Morgan fingerprint density at radius 3 is 2.61 bits per heavy atom. The first-order valence-electron chi connectivity index (χ1n) is 9.48. The molecule has 3 aromatic rings. The average molecular weight is 392 g/mol. The Kier molecular flexibility index (Phi) is 5.31. The molecule has 3 N–H and O–H groups in total. The molecule has 1 aliphatic carbocycles. The van der Waals surface area contributed by atoms with Crippen molar-refractivity contribution >= 4 is 23.3 Å². The summed E-state index contributed by atoms with van der Waals surface area (Å²) in [5, 5.41) is 4.06. The minimum absolute atomic E-state index is 0.270.